The summed E-state index contributed by atoms with van der Waals surface area (Å²) in [6.45, 7) is 6.95. The molecule has 0 saturated heterocycles. The van der Waals surface area contributed by atoms with Crippen molar-refractivity contribution in [2.45, 2.75) is 39.3 Å². The van der Waals surface area contributed by atoms with Crippen LogP contribution in [0.1, 0.15) is 30.9 Å². The number of aliphatic hydroxyl groups is 1. The molecule has 2 aromatic carbocycles. The van der Waals surface area contributed by atoms with Crippen molar-refractivity contribution in [1.82, 2.24) is 0 Å². The van der Waals surface area contributed by atoms with Crippen LogP contribution in [-0.4, -0.2) is 19.8 Å². The Bertz CT molecular complexity index is 693. The molecule has 2 heteroatoms. The van der Waals surface area contributed by atoms with Gasteiger partial charge in [-0.05, 0) is 35.2 Å². The minimum atomic E-state index is -1.87. The Morgan fingerprint density at radius 3 is 2.29 bits per heavy atom. The summed E-state index contributed by atoms with van der Waals surface area (Å²) >= 11 is 0. The molecule has 0 radical (unpaired) electrons. The molecule has 2 aromatic rings. The molecule has 1 nitrogen and oxygen atoms in total. The van der Waals surface area contributed by atoms with Crippen molar-refractivity contribution >= 4 is 18.5 Å². The standard InChI is InChI=1S/C22H28OSi/c1-4-5-10-19-14-16-20(17-15-19)22(13-9-18-23)24(2,3)21-11-7-6-8-12-21/h6-9,11-12,14-17,23H,4-5,10,18H2,1-3H3. The molecule has 126 valence electrons. The van der Waals surface area contributed by atoms with Crippen LogP contribution in [0.5, 0.6) is 0 Å². The molecule has 0 amide bonds. The Morgan fingerprint density at radius 1 is 1.04 bits per heavy atom. The molecule has 24 heavy (non-hydrogen) atoms. The lowest BCUT2D eigenvalue weighted by Gasteiger charge is -2.25. The van der Waals surface area contributed by atoms with Crippen molar-refractivity contribution < 1.29 is 5.11 Å². The van der Waals surface area contributed by atoms with Gasteiger partial charge < -0.3 is 5.11 Å². The Labute approximate surface area is 147 Å². The molecule has 0 spiro atoms. The van der Waals surface area contributed by atoms with E-state index in [2.05, 4.69) is 80.3 Å². The molecular weight excluding hydrogens is 308 g/mol. The van der Waals surface area contributed by atoms with E-state index < -0.39 is 8.07 Å². The SMILES string of the molecule is CCCCc1ccc(C(=C=CCO)[Si](C)(C)c2ccccc2)cc1. The third-order valence-electron chi connectivity index (χ3n) is 4.52. The van der Waals surface area contributed by atoms with Crippen LogP contribution < -0.4 is 5.19 Å². The molecule has 0 atom stereocenters. The highest BCUT2D eigenvalue weighted by Gasteiger charge is 2.29. The summed E-state index contributed by atoms with van der Waals surface area (Å²) in [4.78, 5) is 0. The topological polar surface area (TPSA) is 20.2 Å². The summed E-state index contributed by atoms with van der Waals surface area (Å²) in [6.07, 6.45) is 5.33. The molecule has 2 rings (SSSR count). The van der Waals surface area contributed by atoms with Crippen LogP contribution in [0.4, 0.5) is 0 Å². The van der Waals surface area contributed by atoms with E-state index in [-0.39, 0.29) is 6.61 Å². The number of hydrogen-bond acceptors (Lipinski definition) is 1. The lowest BCUT2D eigenvalue weighted by Crippen LogP contribution is -2.42. The van der Waals surface area contributed by atoms with Gasteiger partial charge in [-0.1, -0.05) is 86.2 Å². The van der Waals surface area contributed by atoms with Crippen LogP contribution in [-0.2, 0) is 6.42 Å². The van der Waals surface area contributed by atoms with E-state index in [1.807, 2.05) is 0 Å². The molecule has 1 N–H and O–H groups in total. The largest absolute Gasteiger partial charge is 0.392 e. The van der Waals surface area contributed by atoms with Gasteiger partial charge in [0.1, 0.15) is 8.07 Å². The number of aryl methyl sites for hydroxylation is 1. The quantitative estimate of drug-likeness (QED) is 0.573. The maximum atomic E-state index is 9.22. The zero-order valence-electron chi connectivity index (χ0n) is 15.0. The highest BCUT2D eigenvalue weighted by Crippen LogP contribution is 2.25. The summed E-state index contributed by atoms with van der Waals surface area (Å²) in [5.41, 5.74) is 6.01. The molecule has 0 heterocycles. The van der Waals surface area contributed by atoms with Crippen molar-refractivity contribution in [2.75, 3.05) is 6.61 Å². The number of aliphatic hydroxyl groups excluding tert-OH is 1. The second kappa shape index (κ2) is 8.84. The van der Waals surface area contributed by atoms with Crippen LogP contribution in [0.2, 0.25) is 13.1 Å². The van der Waals surface area contributed by atoms with Crippen molar-refractivity contribution in [3.63, 3.8) is 0 Å². The van der Waals surface area contributed by atoms with Gasteiger partial charge in [0.2, 0.25) is 0 Å². The average molecular weight is 337 g/mol. The predicted octanol–water partition coefficient (Wildman–Crippen LogP) is 4.71. The van der Waals surface area contributed by atoms with Gasteiger partial charge in [-0.3, -0.25) is 0 Å². The Kier molecular flexibility index (Phi) is 6.81. The molecule has 0 fully saturated rings. The highest BCUT2D eigenvalue weighted by atomic mass is 28.3. The van der Waals surface area contributed by atoms with Gasteiger partial charge in [-0.25, -0.2) is 0 Å². The van der Waals surface area contributed by atoms with Gasteiger partial charge in [0.05, 0.1) is 6.61 Å². The highest BCUT2D eigenvalue weighted by molar-refractivity contribution is 7.04. The Hall–Kier alpha value is -1.86. The summed E-state index contributed by atoms with van der Waals surface area (Å²) in [7, 11) is -1.87. The maximum Gasteiger partial charge on any atom is 0.122 e. The minimum absolute atomic E-state index is 0.0252. The number of hydrogen-bond donors (Lipinski definition) is 1. The van der Waals surface area contributed by atoms with Crippen LogP contribution in [0.3, 0.4) is 0 Å². The minimum Gasteiger partial charge on any atom is -0.392 e. The van der Waals surface area contributed by atoms with Crippen LogP contribution in [0.15, 0.2) is 66.4 Å². The third kappa shape index (κ3) is 4.58. The third-order valence-corrected chi connectivity index (χ3v) is 7.98. The summed E-state index contributed by atoms with van der Waals surface area (Å²) in [5, 5.41) is 11.8. The van der Waals surface area contributed by atoms with Crippen LogP contribution >= 0.6 is 0 Å². The van der Waals surface area contributed by atoms with Crippen LogP contribution in [0.25, 0.3) is 5.20 Å². The van der Waals surface area contributed by atoms with E-state index in [9.17, 15) is 5.11 Å². The molecule has 0 unspecified atom stereocenters. The van der Waals surface area contributed by atoms with Crippen molar-refractivity contribution in [2.24, 2.45) is 0 Å². The smallest absolute Gasteiger partial charge is 0.122 e. The second-order valence-corrected chi connectivity index (χ2v) is 11.0. The summed E-state index contributed by atoms with van der Waals surface area (Å²) in [6, 6.07) is 19.6. The Balaban J connectivity index is 2.41. The van der Waals surface area contributed by atoms with Crippen molar-refractivity contribution in [3.05, 3.63) is 77.5 Å². The zero-order chi connectivity index (χ0) is 17.4. The van der Waals surface area contributed by atoms with E-state index in [1.165, 1.54) is 34.4 Å². The first kappa shape index (κ1) is 18.5. The average Bonchev–Trinajstić information content (AvgIpc) is 2.62. The van der Waals surface area contributed by atoms with E-state index in [4.69, 9.17) is 0 Å². The molecular formula is C22H28OSi. The molecule has 0 saturated carbocycles. The van der Waals surface area contributed by atoms with Gasteiger partial charge in [0.25, 0.3) is 0 Å². The molecule has 0 aliphatic carbocycles. The predicted molar refractivity (Wildman–Crippen MR) is 107 cm³/mol. The summed E-state index contributed by atoms with van der Waals surface area (Å²) < 4.78 is 0. The fraction of sp³-hybridized carbons (Fsp3) is 0.318. The van der Waals surface area contributed by atoms with E-state index in [0.717, 1.165) is 6.42 Å². The molecule has 0 bridgehead atoms. The first-order valence-electron chi connectivity index (χ1n) is 8.81. The monoisotopic (exact) mass is 336 g/mol. The second-order valence-electron chi connectivity index (χ2n) is 6.70. The molecule has 0 aromatic heterocycles. The first-order chi connectivity index (χ1) is 11.6. The van der Waals surface area contributed by atoms with Crippen LogP contribution in [0, 0.1) is 0 Å². The fourth-order valence-electron chi connectivity index (χ4n) is 2.99. The fourth-order valence-corrected chi connectivity index (χ4v) is 5.66. The van der Waals surface area contributed by atoms with Gasteiger partial charge in [-0.15, -0.1) is 5.73 Å². The zero-order valence-corrected chi connectivity index (χ0v) is 16.0. The lowest BCUT2D eigenvalue weighted by atomic mass is 10.1. The van der Waals surface area contributed by atoms with E-state index >= 15 is 0 Å². The normalized spacial score (nSPS) is 11.0. The lowest BCUT2D eigenvalue weighted by molar-refractivity contribution is 0.343. The van der Waals surface area contributed by atoms with E-state index in [1.54, 1.807) is 6.08 Å². The molecule has 0 aliphatic heterocycles. The van der Waals surface area contributed by atoms with Gasteiger partial charge in [0, 0.05) is 0 Å². The molecule has 0 aliphatic rings. The Morgan fingerprint density at radius 2 is 1.71 bits per heavy atom. The van der Waals surface area contributed by atoms with Gasteiger partial charge in [-0.2, -0.15) is 0 Å². The number of rotatable bonds is 7. The summed E-state index contributed by atoms with van der Waals surface area (Å²) in [5.74, 6) is 0. The van der Waals surface area contributed by atoms with Gasteiger partial charge in [0.15, 0.2) is 0 Å². The van der Waals surface area contributed by atoms with E-state index in [0.29, 0.717) is 0 Å². The number of unbranched alkanes of at least 4 members (excludes halogenated alkanes) is 1. The first-order valence-corrected chi connectivity index (χ1v) is 11.8. The van der Waals surface area contributed by atoms with Crippen molar-refractivity contribution in [1.29, 1.82) is 0 Å². The maximum absolute atomic E-state index is 9.22. The van der Waals surface area contributed by atoms with Gasteiger partial charge >= 0.3 is 0 Å². The number of benzene rings is 2. The van der Waals surface area contributed by atoms with Crippen molar-refractivity contribution in [3.8, 4) is 0 Å².